The third-order valence-electron chi connectivity index (χ3n) is 2.10. The van der Waals surface area contributed by atoms with Gasteiger partial charge < -0.3 is 10.5 Å². The Morgan fingerprint density at radius 1 is 1.27 bits per heavy atom. The monoisotopic (exact) mass is 221 g/mol. The number of ether oxygens (including phenoxy) is 1. The van der Waals surface area contributed by atoms with Crippen LogP contribution in [0.3, 0.4) is 0 Å². The van der Waals surface area contributed by atoms with Gasteiger partial charge in [-0.15, -0.1) is 0 Å². The van der Waals surface area contributed by atoms with Gasteiger partial charge in [-0.25, -0.2) is 0 Å². The van der Waals surface area contributed by atoms with Crippen molar-refractivity contribution in [1.29, 1.82) is 0 Å². The van der Waals surface area contributed by atoms with Gasteiger partial charge in [0.05, 0.1) is 0 Å². The van der Waals surface area contributed by atoms with E-state index in [-0.39, 0.29) is 0 Å². The maximum absolute atomic E-state index is 5.81. The fourth-order valence-corrected chi connectivity index (χ4v) is 1.67. The molecule has 1 aromatic carbocycles. The van der Waals surface area contributed by atoms with E-state index in [0.717, 1.165) is 22.6 Å². The van der Waals surface area contributed by atoms with Crippen LogP contribution < -0.4 is 10.5 Å². The lowest BCUT2D eigenvalue weighted by atomic mass is 10.1. The Morgan fingerprint density at radius 2 is 2.07 bits per heavy atom. The fourth-order valence-electron chi connectivity index (χ4n) is 1.26. The van der Waals surface area contributed by atoms with E-state index < -0.39 is 0 Å². The zero-order valence-corrected chi connectivity index (χ0v) is 9.34. The van der Waals surface area contributed by atoms with Gasteiger partial charge in [0.15, 0.2) is 0 Å². The number of aromatic nitrogens is 2. The summed E-state index contributed by atoms with van der Waals surface area (Å²) in [5.74, 6) is 0.731. The predicted molar refractivity (Wildman–Crippen MR) is 60.3 cm³/mol. The molecule has 0 radical (unpaired) electrons. The first kappa shape index (κ1) is 9.92. The van der Waals surface area contributed by atoms with Gasteiger partial charge in [-0.05, 0) is 25.0 Å². The van der Waals surface area contributed by atoms with Gasteiger partial charge in [0.2, 0.25) is 0 Å². The maximum Gasteiger partial charge on any atom is 0.298 e. The van der Waals surface area contributed by atoms with Crippen LogP contribution in [0.5, 0.6) is 10.9 Å². The minimum atomic E-state index is 0.529. The number of hydrogen-bond donors (Lipinski definition) is 1. The van der Waals surface area contributed by atoms with Crippen molar-refractivity contribution in [2.45, 2.75) is 13.8 Å². The second kappa shape index (κ2) is 3.86. The molecule has 4 nitrogen and oxygen atoms in total. The molecule has 0 atom stereocenters. The highest BCUT2D eigenvalue weighted by atomic mass is 32.1. The van der Waals surface area contributed by atoms with Crippen molar-refractivity contribution >= 4 is 17.2 Å². The summed E-state index contributed by atoms with van der Waals surface area (Å²) in [5, 5.41) is 0.529. The highest BCUT2D eigenvalue weighted by molar-refractivity contribution is 7.07. The minimum absolute atomic E-state index is 0.529. The molecule has 0 bridgehead atoms. The molecule has 15 heavy (non-hydrogen) atoms. The third-order valence-corrected chi connectivity index (χ3v) is 2.65. The smallest absolute Gasteiger partial charge is 0.298 e. The summed E-state index contributed by atoms with van der Waals surface area (Å²) in [6.45, 7) is 3.94. The summed E-state index contributed by atoms with van der Waals surface area (Å²) in [6.07, 6.45) is 1.47. The third kappa shape index (κ3) is 2.07. The number of nitrogen functional groups attached to an aromatic ring is 1. The average Bonchev–Trinajstić information content (AvgIpc) is 2.67. The molecule has 1 aromatic heterocycles. The van der Waals surface area contributed by atoms with Crippen LogP contribution in [-0.2, 0) is 0 Å². The van der Waals surface area contributed by atoms with Crippen molar-refractivity contribution in [2.75, 3.05) is 5.73 Å². The first-order valence-electron chi connectivity index (χ1n) is 4.48. The molecule has 2 N–H and O–H groups in total. The number of nitrogens with two attached hydrogens (primary N) is 1. The summed E-state index contributed by atoms with van der Waals surface area (Å²) < 4.78 is 9.41. The van der Waals surface area contributed by atoms with E-state index in [1.807, 2.05) is 26.0 Å². The summed E-state index contributed by atoms with van der Waals surface area (Å²) in [6, 6.07) is 3.80. The van der Waals surface area contributed by atoms with Crippen molar-refractivity contribution in [3.05, 3.63) is 29.6 Å². The Balaban J connectivity index is 2.33. The zero-order chi connectivity index (χ0) is 10.8. The molecule has 2 aromatic rings. The molecule has 0 aliphatic carbocycles. The Bertz CT molecular complexity index is 468. The lowest BCUT2D eigenvalue weighted by molar-refractivity contribution is 0.475. The average molecular weight is 221 g/mol. The maximum atomic E-state index is 5.81. The normalized spacial score (nSPS) is 10.3. The van der Waals surface area contributed by atoms with Crippen LogP contribution in [0, 0.1) is 13.8 Å². The highest BCUT2D eigenvalue weighted by Crippen LogP contribution is 2.29. The molecule has 0 unspecified atom stereocenters. The molecule has 0 saturated heterocycles. The first-order valence-corrected chi connectivity index (χ1v) is 5.25. The highest BCUT2D eigenvalue weighted by Gasteiger charge is 2.06. The van der Waals surface area contributed by atoms with E-state index in [1.54, 1.807) is 0 Å². The quantitative estimate of drug-likeness (QED) is 0.791. The second-order valence-electron chi connectivity index (χ2n) is 3.28. The van der Waals surface area contributed by atoms with Gasteiger partial charge in [0.1, 0.15) is 12.1 Å². The van der Waals surface area contributed by atoms with Crippen molar-refractivity contribution in [3.63, 3.8) is 0 Å². The molecular formula is C10H11N3OS. The number of rotatable bonds is 2. The van der Waals surface area contributed by atoms with Crippen LogP contribution in [0.1, 0.15) is 11.1 Å². The topological polar surface area (TPSA) is 61.0 Å². The first-order chi connectivity index (χ1) is 7.16. The predicted octanol–water partition coefficient (Wildman–Crippen LogP) is 2.53. The van der Waals surface area contributed by atoms with Gasteiger partial charge in [-0.2, -0.15) is 9.36 Å². The lowest BCUT2D eigenvalue weighted by Gasteiger charge is -2.08. The van der Waals surface area contributed by atoms with Crippen LogP contribution in [0.15, 0.2) is 18.5 Å². The van der Waals surface area contributed by atoms with Gasteiger partial charge >= 0.3 is 0 Å². The Labute approximate surface area is 91.9 Å². The van der Waals surface area contributed by atoms with Gasteiger partial charge in [0.25, 0.3) is 5.19 Å². The molecule has 0 spiro atoms. The lowest BCUT2D eigenvalue weighted by Crippen LogP contribution is -1.93. The number of hydrogen-bond acceptors (Lipinski definition) is 5. The Kier molecular flexibility index (Phi) is 2.55. The van der Waals surface area contributed by atoms with Gasteiger partial charge in [-0.3, -0.25) is 0 Å². The molecule has 0 saturated carbocycles. The summed E-state index contributed by atoms with van der Waals surface area (Å²) in [4.78, 5) is 3.95. The van der Waals surface area contributed by atoms with E-state index >= 15 is 0 Å². The van der Waals surface area contributed by atoms with Crippen LogP contribution >= 0.6 is 11.5 Å². The standard InChI is InChI=1S/C10H11N3OS/c1-6-3-7(2)9(4-8(6)11)14-10-12-5-13-15-10/h3-5H,11H2,1-2H3. The number of anilines is 1. The van der Waals surface area contributed by atoms with E-state index in [9.17, 15) is 0 Å². The second-order valence-corrected chi connectivity index (χ2v) is 4.03. The Hall–Kier alpha value is -1.62. The van der Waals surface area contributed by atoms with E-state index in [4.69, 9.17) is 10.5 Å². The van der Waals surface area contributed by atoms with E-state index in [0.29, 0.717) is 5.19 Å². The summed E-state index contributed by atoms with van der Waals surface area (Å²) >= 11 is 1.21. The largest absolute Gasteiger partial charge is 0.430 e. The van der Waals surface area contributed by atoms with Crippen LogP contribution in [0.25, 0.3) is 0 Å². The molecule has 0 aliphatic rings. The van der Waals surface area contributed by atoms with Crippen molar-refractivity contribution in [2.24, 2.45) is 0 Å². The van der Waals surface area contributed by atoms with Crippen molar-refractivity contribution < 1.29 is 4.74 Å². The van der Waals surface area contributed by atoms with Gasteiger partial charge in [-0.1, -0.05) is 6.07 Å². The van der Waals surface area contributed by atoms with Crippen molar-refractivity contribution in [1.82, 2.24) is 9.36 Å². The number of nitrogens with zero attached hydrogens (tertiary/aromatic N) is 2. The molecule has 0 fully saturated rings. The van der Waals surface area contributed by atoms with E-state index in [2.05, 4.69) is 9.36 Å². The van der Waals surface area contributed by atoms with Crippen molar-refractivity contribution in [3.8, 4) is 10.9 Å². The zero-order valence-electron chi connectivity index (χ0n) is 8.52. The number of benzene rings is 1. The van der Waals surface area contributed by atoms with E-state index in [1.165, 1.54) is 17.9 Å². The minimum Gasteiger partial charge on any atom is -0.430 e. The Morgan fingerprint density at radius 3 is 2.73 bits per heavy atom. The molecule has 5 heteroatoms. The van der Waals surface area contributed by atoms with Crippen LogP contribution in [-0.4, -0.2) is 9.36 Å². The molecule has 2 rings (SSSR count). The molecule has 0 amide bonds. The summed E-state index contributed by atoms with van der Waals surface area (Å²) in [5.41, 5.74) is 8.62. The number of aryl methyl sites for hydroxylation is 2. The molecule has 0 aliphatic heterocycles. The molecule has 78 valence electrons. The fraction of sp³-hybridized carbons (Fsp3) is 0.200. The molecule has 1 heterocycles. The van der Waals surface area contributed by atoms with Crippen LogP contribution in [0.4, 0.5) is 5.69 Å². The van der Waals surface area contributed by atoms with Gasteiger partial charge in [0, 0.05) is 23.3 Å². The molecular weight excluding hydrogens is 210 g/mol. The SMILES string of the molecule is Cc1cc(C)c(Oc2ncns2)cc1N. The van der Waals surface area contributed by atoms with Crippen LogP contribution in [0.2, 0.25) is 0 Å². The summed E-state index contributed by atoms with van der Waals surface area (Å²) in [7, 11) is 0.